The van der Waals surface area contributed by atoms with Crippen LogP contribution >= 0.6 is 0 Å². The van der Waals surface area contributed by atoms with Gasteiger partial charge in [-0.15, -0.1) is 0 Å². The van der Waals surface area contributed by atoms with Gasteiger partial charge in [-0.25, -0.2) is 4.79 Å². The third-order valence-electron chi connectivity index (χ3n) is 3.72. The molecule has 0 aliphatic rings. The van der Waals surface area contributed by atoms with Crippen LogP contribution in [0, 0.1) is 13.8 Å². The molecule has 0 aliphatic carbocycles. The van der Waals surface area contributed by atoms with Gasteiger partial charge in [0.2, 0.25) is 5.91 Å². The Morgan fingerprint density at radius 2 is 2.09 bits per heavy atom. The highest BCUT2D eigenvalue weighted by Crippen LogP contribution is 2.18. The molecule has 2 N–H and O–H groups in total. The number of aryl methyl sites for hydroxylation is 3. The molecule has 1 aromatic carbocycles. The lowest BCUT2D eigenvalue weighted by Crippen LogP contribution is -2.28. The van der Waals surface area contributed by atoms with E-state index in [4.69, 9.17) is 5.11 Å². The van der Waals surface area contributed by atoms with Gasteiger partial charge in [0.15, 0.2) is 0 Å². The summed E-state index contributed by atoms with van der Waals surface area (Å²) in [4.78, 5) is 22.8. The van der Waals surface area contributed by atoms with Gasteiger partial charge in [0, 0.05) is 19.2 Å². The number of carbonyl (C=O) groups is 2. The summed E-state index contributed by atoms with van der Waals surface area (Å²) in [5.41, 5.74) is 3.55. The number of rotatable bonds is 6. The average Bonchev–Trinajstić information content (AvgIpc) is 2.94. The van der Waals surface area contributed by atoms with Crippen LogP contribution in [0.25, 0.3) is 0 Å². The number of aromatic nitrogens is 2. The Morgan fingerprint density at radius 3 is 2.70 bits per heavy atom. The van der Waals surface area contributed by atoms with Crippen LogP contribution in [0.2, 0.25) is 0 Å². The topological polar surface area (TPSA) is 84.2 Å². The molecule has 1 unspecified atom stereocenters. The summed E-state index contributed by atoms with van der Waals surface area (Å²) < 4.78 is 1.46. The van der Waals surface area contributed by atoms with Crippen molar-refractivity contribution in [1.29, 1.82) is 0 Å². The standard InChI is InChI=1S/C17H21N3O3/c1-11-4-5-15(12(2)8-11)13(3)19-16(21)6-7-20-10-14(9-18-20)17(22)23/h4-5,8-10,13H,6-7H2,1-3H3,(H,19,21)(H,22,23). The summed E-state index contributed by atoms with van der Waals surface area (Å²) in [7, 11) is 0. The smallest absolute Gasteiger partial charge is 0.338 e. The predicted octanol–water partition coefficient (Wildman–Crippen LogP) is 2.47. The summed E-state index contributed by atoms with van der Waals surface area (Å²) in [6.45, 7) is 6.36. The Bertz CT molecular complexity index is 722. The molecule has 2 rings (SSSR count). The molecule has 0 bridgehead atoms. The first-order chi connectivity index (χ1) is 10.9. The SMILES string of the molecule is Cc1ccc(C(C)NC(=O)CCn2cc(C(=O)O)cn2)c(C)c1. The van der Waals surface area contributed by atoms with Crippen molar-refractivity contribution in [2.75, 3.05) is 0 Å². The third kappa shape index (κ3) is 4.42. The van der Waals surface area contributed by atoms with Gasteiger partial charge in [-0.2, -0.15) is 5.10 Å². The lowest BCUT2D eigenvalue weighted by molar-refractivity contribution is -0.122. The Balaban J connectivity index is 1.89. The molecular formula is C17H21N3O3. The molecule has 1 amide bonds. The van der Waals surface area contributed by atoms with E-state index in [2.05, 4.69) is 16.5 Å². The molecule has 0 fully saturated rings. The number of carboxylic acids is 1. The Kier molecular flexibility index (Phi) is 5.16. The zero-order valence-electron chi connectivity index (χ0n) is 13.5. The Morgan fingerprint density at radius 1 is 1.35 bits per heavy atom. The summed E-state index contributed by atoms with van der Waals surface area (Å²) in [6.07, 6.45) is 2.94. The summed E-state index contributed by atoms with van der Waals surface area (Å²) in [6, 6.07) is 6.08. The Hall–Kier alpha value is -2.63. The minimum absolute atomic E-state index is 0.0738. The van der Waals surface area contributed by atoms with Crippen LogP contribution in [0.1, 0.15) is 46.4 Å². The summed E-state index contributed by atoms with van der Waals surface area (Å²) in [5, 5.41) is 15.7. The quantitative estimate of drug-likeness (QED) is 0.857. The first kappa shape index (κ1) is 16.7. The van der Waals surface area contributed by atoms with Crippen LogP contribution in [0.4, 0.5) is 0 Å². The normalized spacial score (nSPS) is 12.0. The molecule has 0 aliphatic heterocycles. The predicted molar refractivity (Wildman–Crippen MR) is 86.3 cm³/mol. The van der Waals surface area contributed by atoms with Crippen LogP contribution in [0.15, 0.2) is 30.6 Å². The van der Waals surface area contributed by atoms with Gasteiger partial charge in [-0.1, -0.05) is 23.8 Å². The number of benzene rings is 1. The fourth-order valence-corrected chi connectivity index (χ4v) is 2.52. The maximum absolute atomic E-state index is 12.1. The molecule has 1 atom stereocenters. The van der Waals surface area contributed by atoms with E-state index in [0.29, 0.717) is 6.54 Å². The molecule has 0 radical (unpaired) electrons. The maximum Gasteiger partial charge on any atom is 0.338 e. The van der Waals surface area contributed by atoms with Crippen LogP contribution in [0.3, 0.4) is 0 Å². The zero-order chi connectivity index (χ0) is 17.0. The highest BCUT2D eigenvalue weighted by atomic mass is 16.4. The molecule has 0 saturated heterocycles. The molecule has 1 aromatic heterocycles. The molecule has 6 heteroatoms. The van der Waals surface area contributed by atoms with E-state index in [9.17, 15) is 9.59 Å². The number of nitrogens with zero attached hydrogens (tertiary/aromatic N) is 2. The molecule has 1 heterocycles. The van der Waals surface area contributed by atoms with Crippen LogP contribution in [-0.2, 0) is 11.3 Å². The van der Waals surface area contributed by atoms with Crippen molar-refractivity contribution in [2.45, 2.75) is 39.8 Å². The number of hydrogen-bond acceptors (Lipinski definition) is 3. The molecule has 122 valence electrons. The number of nitrogens with one attached hydrogen (secondary N) is 1. The minimum Gasteiger partial charge on any atom is -0.478 e. The van der Waals surface area contributed by atoms with E-state index in [-0.39, 0.29) is 23.9 Å². The van der Waals surface area contributed by atoms with Gasteiger partial charge >= 0.3 is 5.97 Å². The van der Waals surface area contributed by atoms with E-state index < -0.39 is 5.97 Å². The van der Waals surface area contributed by atoms with Crippen LogP contribution in [-0.4, -0.2) is 26.8 Å². The molecule has 0 saturated carbocycles. The van der Waals surface area contributed by atoms with Crippen molar-refractivity contribution in [3.8, 4) is 0 Å². The molecule has 23 heavy (non-hydrogen) atoms. The number of carbonyl (C=O) groups excluding carboxylic acids is 1. The fraction of sp³-hybridized carbons (Fsp3) is 0.353. The molecule has 2 aromatic rings. The summed E-state index contributed by atoms with van der Waals surface area (Å²) in [5.74, 6) is -1.12. The first-order valence-corrected chi connectivity index (χ1v) is 7.49. The zero-order valence-corrected chi connectivity index (χ0v) is 13.5. The maximum atomic E-state index is 12.1. The van der Waals surface area contributed by atoms with Gasteiger partial charge in [-0.3, -0.25) is 9.48 Å². The minimum atomic E-state index is -1.02. The van der Waals surface area contributed by atoms with Crippen molar-refractivity contribution in [3.63, 3.8) is 0 Å². The van der Waals surface area contributed by atoms with Gasteiger partial charge < -0.3 is 10.4 Å². The number of hydrogen-bond donors (Lipinski definition) is 2. The monoisotopic (exact) mass is 315 g/mol. The van der Waals surface area contributed by atoms with Gasteiger partial charge in [-0.05, 0) is 31.9 Å². The van der Waals surface area contributed by atoms with Crippen molar-refractivity contribution in [2.24, 2.45) is 0 Å². The van der Waals surface area contributed by atoms with Crippen molar-refractivity contribution < 1.29 is 14.7 Å². The molecule has 6 nitrogen and oxygen atoms in total. The van der Waals surface area contributed by atoms with Gasteiger partial charge in [0.05, 0.1) is 17.8 Å². The van der Waals surface area contributed by atoms with E-state index >= 15 is 0 Å². The van der Waals surface area contributed by atoms with Crippen molar-refractivity contribution in [1.82, 2.24) is 15.1 Å². The highest BCUT2D eigenvalue weighted by Gasteiger charge is 2.12. The van der Waals surface area contributed by atoms with E-state index in [1.54, 1.807) is 0 Å². The van der Waals surface area contributed by atoms with E-state index in [1.165, 1.54) is 22.6 Å². The third-order valence-corrected chi connectivity index (χ3v) is 3.72. The second kappa shape index (κ2) is 7.09. The number of amides is 1. The van der Waals surface area contributed by atoms with Gasteiger partial charge in [0.25, 0.3) is 0 Å². The number of carboxylic acid groups (broad SMARTS) is 1. The first-order valence-electron chi connectivity index (χ1n) is 7.49. The van der Waals surface area contributed by atoms with Crippen LogP contribution < -0.4 is 5.32 Å². The Labute approximate surface area is 135 Å². The summed E-state index contributed by atoms with van der Waals surface area (Å²) >= 11 is 0. The fourth-order valence-electron chi connectivity index (χ4n) is 2.52. The second-order valence-corrected chi connectivity index (χ2v) is 5.70. The highest BCUT2D eigenvalue weighted by molar-refractivity contribution is 5.86. The lowest BCUT2D eigenvalue weighted by atomic mass is 10.0. The average molecular weight is 315 g/mol. The van der Waals surface area contributed by atoms with Crippen LogP contribution in [0.5, 0.6) is 0 Å². The lowest BCUT2D eigenvalue weighted by Gasteiger charge is -2.17. The molecule has 0 spiro atoms. The van der Waals surface area contributed by atoms with E-state index in [1.807, 2.05) is 32.9 Å². The van der Waals surface area contributed by atoms with Crippen molar-refractivity contribution >= 4 is 11.9 Å². The largest absolute Gasteiger partial charge is 0.478 e. The number of aromatic carboxylic acids is 1. The van der Waals surface area contributed by atoms with Gasteiger partial charge in [0.1, 0.15) is 0 Å². The van der Waals surface area contributed by atoms with E-state index in [0.717, 1.165) is 11.1 Å². The van der Waals surface area contributed by atoms with Crippen molar-refractivity contribution in [3.05, 3.63) is 52.8 Å². The second-order valence-electron chi connectivity index (χ2n) is 5.70. The molecular weight excluding hydrogens is 294 g/mol.